The van der Waals surface area contributed by atoms with Crippen molar-refractivity contribution in [1.82, 2.24) is 0 Å². The van der Waals surface area contributed by atoms with Gasteiger partial charge in [0, 0.05) is 21.1 Å². The molecule has 39 heavy (non-hydrogen) atoms. The number of hydrogen-bond donors (Lipinski definition) is 0. The summed E-state index contributed by atoms with van der Waals surface area (Å²) < 4.78 is 11.2. The number of imide groups is 2. The molecule has 0 N–H and O–H groups in total. The van der Waals surface area contributed by atoms with E-state index in [1.807, 2.05) is 32.0 Å². The molecule has 0 unspecified atom stereocenters. The van der Waals surface area contributed by atoms with Crippen molar-refractivity contribution in [2.75, 3.05) is 15.6 Å². The molecule has 8 nitrogen and oxygen atoms in total. The molecule has 4 amide bonds. The summed E-state index contributed by atoms with van der Waals surface area (Å²) in [5.41, 5.74) is 1.05. The first-order valence-electron chi connectivity index (χ1n) is 12.5. The number of fused-ring (bicyclic) bond motifs is 2. The minimum atomic E-state index is -0.853. The van der Waals surface area contributed by atoms with E-state index in [0.717, 1.165) is 32.7 Å². The van der Waals surface area contributed by atoms with Gasteiger partial charge in [-0.3, -0.25) is 9.59 Å². The van der Waals surface area contributed by atoms with E-state index in [-0.39, 0.29) is 16.2 Å². The fourth-order valence-corrected chi connectivity index (χ4v) is 6.39. The van der Waals surface area contributed by atoms with Crippen LogP contribution < -0.4 is 9.80 Å². The molecule has 0 aliphatic carbocycles. The SMILES string of the molecule is Cc1ccc2c(c1)SC/C(=C1/Sc3cc(C)ccc3N(C(=O)OC(C)(C)C)C1=O)C(=O)N2C(=O)OC(C)(C)C. The highest BCUT2D eigenvalue weighted by molar-refractivity contribution is 8.04. The summed E-state index contributed by atoms with van der Waals surface area (Å²) in [5, 5.41) is 0. The van der Waals surface area contributed by atoms with Crippen molar-refractivity contribution in [3.8, 4) is 0 Å². The van der Waals surface area contributed by atoms with Gasteiger partial charge in [0.05, 0.1) is 16.3 Å². The van der Waals surface area contributed by atoms with E-state index in [1.165, 1.54) is 11.8 Å². The molecule has 0 fully saturated rings. The summed E-state index contributed by atoms with van der Waals surface area (Å²) in [4.78, 5) is 58.0. The van der Waals surface area contributed by atoms with E-state index in [0.29, 0.717) is 21.2 Å². The average Bonchev–Trinajstić information content (AvgIpc) is 2.92. The van der Waals surface area contributed by atoms with Gasteiger partial charge in [0.15, 0.2) is 0 Å². The number of rotatable bonds is 0. The Morgan fingerprint density at radius 3 is 1.72 bits per heavy atom. The predicted octanol–water partition coefficient (Wildman–Crippen LogP) is 7.01. The molecular weight excluding hydrogens is 536 g/mol. The van der Waals surface area contributed by atoms with Gasteiger partial charge in [0.1, 0.15) is 11.2 Å². The predicted molar refractivity (Wildman–Crippen MR) is 153 cm³/mol. The highest BCUT2D eigenvalue weighted by Crippen LogP contribution is 2.46. The third-order valence-corrected chi connectivity index (χ3v) is 7.82. The number of benzene rings is 2. The Hall–Kier alpha value is -3.24. The molecule has 2 aliphatic heterocycles. The van der Waals surface area contributed by atoms with E-state index < -0.39 is 35.2 Å². The fourth-order valence-electron chi connectivity index (χ4n) is 3.96. The number of carbonyl (C=O) groups is 4. The maximum Gasteiger partial charge on any atom is 0.422 e. The molecular formula is C29H32N2O6S2. The van der Waals surface area contributed by atoms with Crippen molar-refractivity contribution in [1.29, 1.82) is 0 Å². The fraction of sp³-hybridized carbons (Fsp3) is 0.379. The number of amides is 4. The second-order valence-electron chi connectivity index (χ2n) is 11.4. The Balaban J connectivity index is 1.88. The maximum absolute atomic E-state index is 14.1. The van der Waals surface area contributed by atoms with Crippen LogP contribution in [0.5, 0.6) is 0 Å². The standard InChI is InChI=1S/C29H32N2O6S2/c1-16-9-11-19-21(13-16)38-15-18(24(32)30(19)26(34)36-28(3,4)5)23-25(33)31(27(35)37-29(6,7)8)20-12-10-17(2)14-22(20)39-23/h9-14H,15H2,1-8H3/b23-18-. The molecule has 2 heterocycles. The molecule has 0 bridgehead atoms. The van der Waals surface area contributed by atoms with Crippen LogP contribution in [-0.2, 0) is 19.1 Å². The van der Waals surface area contributed by atoms with E-state index in [4.69, 9.17) is 9.47 Å². The van der Waals surface area contributed by atoms with Crippen LogP contribution >= 0.6 is 23.5 Å². The first-order chi connectivity index (χ1) is 18.1. The number of hydrogen-bond acceptors (Lipinski definition) is 8. The van der Waals surface area contributed by atoms with E-state index in [9.17, 15) is 19.2 Å². The third-order valence-electron chi connectivity index (χ3n) is 5.58. The molecule has 2 aromatic rings. The van der Waals surface area contributed by atoms with Crippen LogP contribution in [0, 0.1) is 13.8 Å². The topological polar surface area (TPSA) is 93.2 Å². The normalized spacial score (nSPS) is 17.8. The van der Waals surface area contributed by atoms with Crippen LogP contribution in [0.4, 0.5) is 21.0 Å². The second kappa shape index (κ2) is 10.4. The Morgan fingerprint density at radius 2 is 1.21 bits per heavy atom. The Kier molecular flexibility index (Phi) is 7.66. The van der Waals surface area contributed by atoms with Crippen LogP contribution in [0.2, 0.25) is 0 Å². The van der Waals surface area contributed by atoms with Gasteiger partial charge in [0.25, 0.3) is 11.8 Å². The maximum atomic E-state index is 14.1. The zero-order valence-electron chi connectivity index (χ0n) is 23.3. The molecule has 0 radical (unpaired) electrons. The smallest absolute Gasteiger partial charge is 0.422 e. The van der Waals surface area contributed by atoms with Crippen molar-refractivity contribution in [2.24, 2.45) is 0 Å². The van der Waals surface area contributed by atoms with Gasteiger partial charge in [-0.05, 0) is 90.8 Å². The van der Waals surface area contributed by atoms with Crippen LogP contribution in [0.3, 0.4) is 0 Å². The molecule has 2 aliphatic rings. The highest BCUT2D eigenvalue weighted by Gasteiger charge is 2.42. The number of nitrogens with zero attached hydrogens (tertiary/aromatic N) is 2. The minimum absolute atomic E-state index is 0.0644. The molecule has 2 aromatic carbocycles. The van der Waals surface area contributed by atoms with Crippen molar-refractivity contribution in [3.63, 3.8) is 0 Å². The van der Waals surface area contributed by atoms with Gasteiger partial charge < -0.3 is 9.47 Å². The largest absolute Gasteiger partial charge is 0.443 e. The lowest BCUT2D eigenvalue weighted by molar-refractivity contribution is -0.117. The molecule has 4 rings (SSSR count). The number of ether oxygens (including phenoxy) is 2. The molecule has 0 saturated carbocycles. The minimum Gasteiger partial charge on any atom is -0.443 e. The van der Waals surface area contributed by atoms with Crippen molar-refractivity contribution < 1.29 is 28.7 Å². The Labute approximate surface area is 237 Å². The van der Waals surface area contributed by atoms with Gasteiger partial charge in [-0.25, -0.2) is 19.4 Å². The van der Waals surface area contributed by atoms with E-state index in [2.05, 4.69) is 0 Å². The Bertz CT molecular complexity index is 1420. The summed E-state index contributed by atoms with van der Waals surface area (Å²) in [6.45, 7) is 14.1. The number of thioether (sulfide) groups is 2. The summed E-state index contributed by atoms with van der Waals surface area (Å²) in [6, 6.07) is 10.7. The number of aryl methyl sites for hydroxylation is 2. The van der Waals surface area contributed by atoms with Crippen LogP contribution in [0.25, 0.3) is 0 Å². The lowest BCUT2D eigenvalue weighted by atomic mass is 10.1. The molecule has 206 valence electrons. The summed E-state index contributed by atoms with van der Waals surface area (Å²) >= 11 is 2.46. The van der Waals surface area contributed by atoms with Gasteiger partial charge in [0.2, 0.25) is 0 Å². The second-order valence-corrected chi connectivity index (χ2v) is 13.5. The van der Waals surface area contributed by atoms with Crippen LogP contribution in [0.15, 0.2) is 56.7 Å². The molecule has 0 spiro atoms. The van der Waals surface area contributed by atoms with Gasteiger partial charge >= 0.3 is 12.2 Å². The van der Waals surface area contributed by atoms with Gasteiger partial charge in [-0.15, -0.1) is 11.8 Å². The molecule has 0 aromatic heterocycles. The third kappa shape index (κ3) is 6.17. The van der Waals surface area contributed by atoms with Crippen molar-refractivity contribution in [2.45, 2.75) is 76.4 Å². The molecule has 0 saturated heterocycles. The lowest BCUT2D eigenvalue weighted by Gasteiger charge is -2.32. The molecule has 0 atom stereocenters. The summed E-state index contributed by atoms with van der Waals surface area (Å²) in [6.07, 6.45) is -1.68. The Morgan fingerprint density at radius 1 is 0.744 bits per heavy atom. The van der Waals surface area contributed by atoms with Gasteiger partial charge in [-0.2, -0.15) is 0 Å². The average molecular weight is 569 g/mol. The highest BCUT2D eigenvalue weighted by atomic mass is 32.2. The summed E-state index contributed by atoms with van der Waals surface area (Å²) in [5.74, 6) is -1.23. The quantitative estimate of drug-likeness (QED) is 0.314. The number of anilines is 2. The first-order valence-corrected chi connectivity index (χ1v) is 14.3. The zero-order chi connectivity index (χ0) is 28.9. The van der Waals surface area contributed by atoms with Crippen molar-refractivity contribution >= 4 is 58.9 Å². The zero-order valence-corrected chi connectivity index (χ0v) is 25.0. The van der Waals surface area contributed by atoms with Crippen molar-refractivity contribution in [3.05, 3.63) is 58.0 Å². The van der Waals surface area contributed by atoms with E-state index >= 15 is 0 Å². The molecule has 10 heteroatoms. The monoisotopic (exact) mass is 568 g/mol. The van der Waals surface area contributed by atoms with Gasteiger partial charge in [-0.1, -0.05) is 23.9 Å². The number of carbonyl (C=O) groups excluding carboxylic acids is 4. The van der Waals surface area contributed by atoms with Crippen LogP contribution in [-0.4, -0.2) is 41.0 Å². The first kappa shape index (κ1) is 28.8. The van der Waals surface area contributed by atoms with E-state index in [1.54, 1.807) is 59.7 Å². The van der Waals surface area contributed by atoms with Crippen LogP contribution in [0.1, 0.15) is 52.7 Å². The lowest BCUT2D eigenvalue weighted by Crippen LogP contribution is -2.45. The summed E-state index contributed by atoms with van der Waals surface area (Å²) in [7, 11) is 0.